The number of benzene rings is 1. The Labute approximate surface area is 128 Å². The van der Waals surface area contributed by atoms with Crippen molar-refractivity contribution in [2.24, 2.45) is 0 Å². The first-order chi connectivity index (χ1) is 10.4. The van der Waals surface area contributed by atoms with Crippen molar-refractivity contribution < 1.29 is 9.72 Å². The molecule has 0 aromatic heterocycles. The molecule has 1 amide bonds. The molecule has 2 heterocycles. The molecule has 0 aliphatic carbocycles. The van der Waals surface area contributed by atoms with Gasteiger partial charge in [-0.1, -0.05) is 0 Å². The fourth-order valence-corrected chi connectivity index (χ4v) is 3.56. The molecule has 118 valence electrons. The number of amides is 1. The molecule has 2 aliphatic rings. The van der Waals surface area contributed by atoms with Gasteiger partial charge in [0, 0.05) is 24.2 Å². The van der Waals surface area contributed by atoms with E-state index in [1.165, 1.54) is 6.07 Å². The normalized spacial score (nSPS) is 26.7. The van der Waals surface area contributed by atoms with E-state index in [4.69, 9.17) is 5.73 Å². The number of aryl methyl sites for hydroxylation is 1. The number of piperidine rings is 1. The van der Waals surface area contributed by atoms with Crippen molar-refractivity contribution in [3.05, 3.63) is 33.4 Å². The quantitative estimate of drug-likeness (QED) is 0.445. The minimum absolute atomic E-state index is 0.0648. The molecular formula is C15H20N4O3. The molecule has 2 unspecified atom stereocenters. The number of nitrogens with two attached hydrogens (primary N) is 1. The Morgan fingerprint density at radius 1 is 1.36 bits per heavy atom. The van der Waals surface area contributed by atoms with Crippen molar-refractivity contribution in [3.63, 3.8) is 0 Å². The Balaban J connectivity index is 1.79. The van der Waals surface area contributed by atoms with E-state index < -0.39 is 4.92 Å². The van der Waals surface area contributed by atoms with Gasteiger partial charge in [-0.05, 0) is 44.2 Å². The molecule has 1 aromatic rings. The first-order valence-corrected chi connectivity index (χ1v) is 7.55. The Kier molecular flexibility index (Phi) is 3.74. The number of hydrogen-bond acceptors (Lipinski definition) is 5. The summed E-state index contributed by atoms with van der Waals surface area (Å²) in [4.78, 5) is 22.9. The third-order valence-corrected chi connectivity index (χ3v) is 4.55. The molecular weight excluding hydrogens is 284 g/mol. The fourth-order valence-electron chi connectivity index (χ4n) is 3.56. The molecule has 2 bridgehead atoms. The number of hydrogen-bond donors (Lipinski definition) is 3. The van der Waals surface area contributed by atoms with Gasteiger partial charge in [0.15, 0.2) is 0 Å². The van der Waals surface area contributed by atoms with Gasteiger partial charge in [-0.25, -0.2) is 0 Å². The Hall–Kier alpha value is -2.15. The summed E-state index contributed by atoms with van der Waals surface area (Å²) in [6.45, 7) is 1.72. The number of anilines is 1. The molecule has 2 saturated heterocycles. The number of rotatable bonds is 3. The Bertz CT molecular complexity index is 619. The topological polar surface area (TPSA) is 110 Å². The van der Waals surface area contributed by atoms with Crippen LogP contribution >= 0.6 is 0 Å². The van der Waals surface area contributed by atoms with Crippen LogP contribution in [0.3, 0.4) is 0 Å². The fraction of sp³-hybridized carbons (Fsp3) is 0.533. The van der Waals surface area contributed by atoms with Gasteiger partial charge in [0.1, 0.15) is 5.69 Å². The van der Waals surface area contributed by atoms with Gasteiger partial charge < -0.3 is 16.4 Å². The minimum Gasteiger partial charge on any atom is -0.393 e. The Morgan fingerprint density at radius 2 is 2.00 bits per heavy atom. The molecule has 3 rings (SSSR count). The highest BCUT2D eigenvalue weighted by Gasteiger charge is 2.34. The third-order valence-electron chi connectivity index (χ3n) is 4.55. The molecule has 0 spiro atoms. The zero-order chi connectivity index (χ0) is 15.9. The summed E-state index contributed by atoms with van der Waals surface area (Å²) in [5.74, 6) is -0.324. The van der Waals surface area contributed by atoms with Crippen molar-refractivity contribution in [1.82, 2.24) is 10.6 Å². The lowest BCUT2D eigenvalue weighted by Crippen LogP contribution is -2.48. The molecule has 7 nitrogen and oxygen atoms in total. The van der Waals surface area contributed by atoms with Gasteiger partial charge >= 0.3 is 0 Å². The summed E-state index contributed by atoms with van der Waals surface area (Å²) in [5, 5.41) is 17.5. The molecule has 4 N–H and O–H groups in total. The molecule has 0 saturated carbocycles. The summed E-state index contributed by atoms with van der Waals surface area (Å²) in [6, 6.07) is 4.02. The second-order valence-corrected chi connectivity index (χ2v) is 6.28. The largest absolute Gasteiger partial charge is 0.393 e. The number of nitro benzene ring substituents is 1. The first-order valence-electron chi connectivity index (χ1n) is 7.55. The number of carbonyl (C=O) groups excluding carboxylic acids is 1. The lowest BCUT2D eigenvalue weighted by Gasteiger charge is -2.29. The van der Waals surface area contributed by atoms with Crippen LogP contribution in [0.2, 0.25) is 0 Å². The maximum Gasteiger partial charge on any atom is 0.293 e. The lowest BCUT2D eigenvalue weighted by atomic mass is 9.99. The van der Waals surface area contributed by atoms with Crippen LogP contribution in [0.4, 0.5) is 11.4 Å². The van der Waals surface area contributed by atoms with E-state index in [0.29, 0.717) is 17.6 Å². The predicted molar refractivity (Wildman–Crippen MR) is 82.7 cm³/mol. The van der Waals surface area contributed by atoms with Crippen molar-refractivity contribution in [1.29, 1.82) is 0 Å². The van der Waals surface area contributed by atoms with E-state index in [2.05, 4.69) is 10.6 Å². The van der Waals surface area contributed by atoms with Gasteiger partial charge in [0.2, 0.25) is 0 Å². The van der Waals surface area contributed by atoms with Gasteiger partial charge in [0.25, 0.3) is 11.6 Å². The molecule has 22 heavy (non-hydrogen) atoms. The van der Waals surface area contributed by atoms with Crippen LogP contribution in [0.1, 0.15) is 41.6 Å². The van der Waals surface area contributed by atoms with E-state index in [0.717, 1.165) is 25.7 Å². The molecule has 2 aliphatic heterocycles. The zero-order valence-electron chi connectivity index (χ0n) is 12.5. The molecule has 2 fully saturated rings. The molecule has 0 radical (unpaired) electrons. The number of nitro groups is 1. The maximum atomic E-state index is 12.5. The molecule has 2 atom stereocenters. The van der Waals surface area contributed by atoms with Crippen molar-refractivity contribution >= 4 is 17.3 Å². The highest BCUT2D eigenvalue weighted by Crippen LogP contribution is 2.29. The van der Waals surface area contributed by atoms with Crippen molar-refractivity contribution in [2.75, 3.05) is 5.73 Å². The van der Waals surface area contributed by atoms with E-state index in [1.807, 2.05) is 0 Å². The number of nitrogens with one attached hydrogen (secondary N) is 2. The van der Waals surface area contributed by atoms with Crippen LogP contribution in [-0.2, 0) is 0 Å². The average molecular weight is 304 g/mol. The van der Waals surface area contributed by atoms with Crippen LogP contribution in [0.15, 0.2) is 12.1 Å². The lowest BCUT2D eigenvalue weighted by molar-refractivity contribution is -0.384. The minimum atomic E-state index is -0.552. The van der Waals surface area contributed by atoms with Crippen molar-refractivity contribution in [3.8, 4) is 0 Å². The van der Waals surface area contributed by atoms with Gasteiger partial charge in [-0.3, -0.25) is 14.9 Å². The summed E-state index contributed by atoms with van der Waals surface area (Å²) in [6.07, 6.45) is 4.09. The maximum absolute atomic E-state index is 12.5. The summed E-state index contributed by atoms with van der Waals surface area (Å²) in [7, 11) is 0. The summed E-state index contributed by atoms with van der Waals surface area (Å²) in [5.41, 5.74) is 6.38. The van der Waals surface area contributed by atoms with Gasteiger partial charge in [0.05, 0.1) is 10.5 Å². The smallest absolute Gasteiger partial charge is 0.293 e. The SMILES string of the molecule is Cc1cc(C(=O)NC2CC3CCC(C2)N3)c(N)c([N+](=O)[O-])c1. The second-order valence-electron chi connectivity index (χ2n) is 6.28. The molecule has 7 heteroatoms. The van der Waals surface area contributed by atoms with Crippen LogP contribution < -0.4 is 16.4 Å². The van der Waals surface area contributed by atoms with Gasteiger partial charge in [-0.2, -0.15) is 0 Å². The van der Waals surface area contributed by atoms with Crippen LogP contribution in [0.25, 0.3) is 0 Å². The number of carbonyl (C=O) groups is 1. The molecule has 1 aromatic carbocycles. The van der Waals surface area contributed by atoms with E-state index in [1.54, 1.807) is 13.0 Å². The number of fused-ring (bicyclic) bond motifs is 2. The number of nitrogen functional groups attached to an aromatic ring is 1. The van der Waals surface area contributed by atoms with Crippen LogP contribution in [0, 0.1) is 17.0 Å². The highest BCUT2D eigenvalue weighted by molar-refractivity contribution is 6.01. The highest BCUT2D eigenvalue weighted by atomic mass is 16.6. The average Bonchev–Trinajstić information content (AvgIpc) is 2.79. The van der Waals surface area contributed by atoms with Crippen LogP contribution in [-0.4, -0.2) is 29.0 Å². The van der Waals surface area contributed by atoms with Crippen LogP contribution in [0.5, 0.6) is 0 Å². The summed E-state index contributed by atoms with van der Waals surface area (Å²) < 4.78 is 0. The third kappa shape index (κ3) is 2.76. The van der Waals surface area contributed by atoms with Gasteiger partial charge in [-0.15, -0.1) is 0 Å². The zero-order valence-corrected chi connectivity index (χ0v) is 12.5. The second kappa shape index (κ2) is 5.57. The van der Waals surface area contributed by atoms with E-state index >= 15 is 0 Å². The van der Waals surface area contributed by atoms with E-state index in [-0.39, 0.29) is 28.9 Å². The first kappa shape index (κ1) is 14.8. The number of nitrogens with zero attached hydrogens (tertiary/aromatic N) is 1. The summed E-state index contributed by atoms with van der Waals surface area (Å²) >= 11 is 0. The standard InChI is InChI=1S/C15H20N4O3/c1-8-4-12(14(16)13(5-8)19(21)22)15(20)18-11-6-9-2-3-10(7-11)17-9/h4-5,9-11,17H,2-3,6-7,16H2,1H3,(H,18,20). The van der Waals surface area contributed by atoms with E-state index in [9.17, 15) is 14.9 Å². The Morgan fingerprint density at radius 3 is 2.59 bits per heavy atom. The van der Waals surface area contributed by atoms with Crippen molar-refractivity contribution in [2.45, 2.75) is 50.7 Å². The monoisotopic (exact) mass is 304 g/mol. The predicted octanol–water partition coefficient (Wildman–Crippen LogP) is 1.50.